The summed E-state index contributed by atoms with van der Waals surface area (Å²) >= 11 is 0. The van der Waals surface area contributed by atoms with Crippen LogP contribution in [0.15, 0.2) is 18.5 Å². The number of aromatic hydroxyl groups is 1. The van der Waals surface area contributed by atoms with E-state index in [-0.39, 0.29) is 11.3 Å². The first kappa shape index (κ1) is 10.5. The Hall–Kier alpha value is -1.58. The van der Waals surface area contributed by atoms with E-state index in [1.54, 1.807) is 20.8 Å². The fourth-order valence-electron chi connectivity index (χ4n) is 0.892. The zero-order valence-corrected chi connectivity index (χ0v) is 8.44. The van der Waals surface area contributed by atoms with Crippen LogP contribution < -0.4 is 0 Å². The van der Waals surface area contributed by atoms with Gasteiger partial charge in [0.05, 0.1) is 6.20 Å². The third kappa shape index (κ3) is 2.73. The molecule has 0 spiro atoms. The van der Waals surface area contributed by atoms with E-state index in [1.165, 1.54) is 18.5 Å². The third-order valence-corrected chi connectivity index (χ3v) is 1.42. The maximum Gasteiger partial charge on any atom is 0.342 e. The van der Waals surface area contributed by atoms with Crippen LogP contribution in [-0.2, 0) is 4.74 Å². The second-order valence-electron chi connectivity index (χ2n) is 3.89. The molecule has 0 atom stereocenters. The number of carbonyl (C=O) groups is 1. The van der Waals surface area contributed by atoms with Gasteiger partial charge in [-0.05, 0) is 26.8 Å². The van der Waals surface area contributed by atoms with Gasteiger partial charge in [0.2, 0.25) is 0 Å². The number of carbonyl (C=O) groups excluding carboxylic acids is 1. The Morgan fingerprint density at radius 3 is 2.64 bits per heavy atom. The zero-order valence-electron chi connectivity index (χ0n) is 8.44. The van der Waals surface area contributed by atoms with Crippen LogP contribution in [0.4, 0.5) is 0 Å². The molecule has 1 rings (SSSR count). The summed E-state index contributed by atoms with van der Waals surface area (Å²) in [7, 11) is 0. The molecule has 4 nitrogen and oxygen atoms in total. The molecule has 1 aromatic rings. The molecular weight excluding hydrogens is 182 g/mol. The van der Waals surface area contributed by atoms with Crippen molar-refractivity contribution in [3.63, 3.8) is 0 Å². The lowest BCUT2D eigenvalue weighted by Crippen LogP contribution is -2.23. The quantitative estimate of drug-likeness (QED) is 0.693. The molecule has 0 amide bonds. The molecule has 1 N–H and O–H groups in total. The lowest BCUT2D eigenvalue weighted by Gasteiger charge is -2.19. The Balaban J connectivity index is 2.86. The number of rotatable bonds is 1. The van der Waals surface area contributed by atoms with Gasteiger partial charge in [-0.2, -0.15) is 0 Å². The fourth-order valence-corrected chi connectivity index (χ4v) is 0.892. The molecule has 0 radical (unpaired) electrons. The average Bonchev–Trinajstić information content (AvgIpc) is 2.01. The third-order valence-electron chi connectivity index (χ3n) is 1.42. The van der Waals surface area contributed by atoms with E-state index in [0.29, 0.717) is 0 Å². The van der Waals surface area contributed by atoms with E-state index in [0.717, 1.165) is 0 Å². The van der Waals surface area contributed by atoms with Crippen LogP contribution >= 0.6 is 0 Å². The van der Waals surface area contributed by atoms with Crippen LogP contribution in [0, 0.1) is 0 Å². The Labute approximate surface area is 82.5 Å². The minimum absolute atomic E-state index is 0.134. The number of hydrogen-bond acceptors (Lipinski definition) is 4. The van der Waals surface area contributed by atoms with Crippen molar-refractivity contribution in [2.75, 3.05) is 0 Å². The molecule has 0 aliphatic rings. The molecule has 14 heavy (non-hydrogen) atoms. The average molecular weight is 195 g/mol. The standard InChI is InChI=1S/C10H13NO3/c1-10(2,3)14-9(13)7-4-5-11-6-8(7)12/h4-6,12H,1-3H3. The highest BCUT2D eigenvalue weighted by atomic mass is 16.6. The fraction of sp³-hybridized carbons (Fsp3) is 0.400. The van der Waals surface area contributed by atoms with Crippen LogP contribution in [0.1, 0.15) is 31.1 Å². The summed E-state index contributed by atoms with van der Waals surface area (Å²) in [5, 5.41) is 9.31. The van der Waals surface area contributed by atoms with Crippen molar-refractivity contribution in [2.45, 2.75) is 26.4 Å². The minimum Gasteiger partial charge on any atom is -0.505 e. The van der Waals surface area contributed by atoms with Crippen molar-refractivity contribution in [1.29, 1.82) is 0 Å². The van der Waals surface area contributed by atoms with Crippen LogP contribution in [0.25, 0.3) is 0 Å². The molecule has 76 valence electrons. The van der Waals surface area contributed by atoms with E-state index < -0.39 is 11.6 Å². The molecule has 0 aliphatic carbocycles. The monoisotopic (exact) mass is 195 g/mol. The number of aromatic nitrogens is 1. The van der Waals surface area contributed by atoms with Crippen molar-refractivity contribution >= 4 is 5.97 Å². The SMILES string of the molecule is CC(C)(C)OC(=O)c1ccncc1O. The van der Waals surface area contributed by atoms with E-state index in [2.05, 4.69) is 4.98 Å². The second kappa shape index (κ2) is 3.65. The van der Waals surface area contributed by atoms with Crippen molar-refractivity contribution in [3.8, 4) is 5.75 Å². The highest BCUT2D eigenvalue weighted by molar-refractivity contribution is 5.92. The summed E-state index contributed by atoms with van der Waals surface area (Å²) in [6, 6.07) is 1.42. The van der Waals surface area contributed by atoms with E-state index in [9.17, 15) is 9.90 Å². The molecule has 0 unspecified atom stereocenters. The van der Waals surface area contributed by atoms with Gasteiger partial charge in [0.25, 0.3) is 0 Å². The molecule has 0 bridgehead atoms. The van der Waals surface area contributed by atoms with Crippen molar-refractivity contribution < 1.29 is 14.6 Å². The second-order valence-corrected chi connectivity index (χ2v) is 3.89. The molecule has 0 aromatic carbocycles. The summed E-state index contributed by atoms with van der Waals surface area (Å²) in [5.41, 5.74) is -0.429. The lowest BCUT2D eigenvalue weighted by atomic mass is 10.2. The highest BCUT2D eigenvalue weighted by Gasteiger charge is 2.19. The van der Waals surface area contributed by atoms with Crippen LogP contribution in [-0.4, -0.2) is 21.7 Å². The number of esters is 1. The first-order valence-corrected chi connectivity index (χ1v) is 4.26. The number of pyridine rings is 1. The van der Waals surface area contributed by atoms with Gasteiger partial charge in [-0.25, -0.2) is 4.79 Å². The van der Waals surface area contributed by atoms with Gasteiger partial charge in [-0.3, -0.25) is 4.98 Å². The number of nitrogens with zero attached hydrogens (tertiary/aromatic N) is 1. The van der Waals surface area contributed by atoms with Gasteiger partial charge < -0.3 is 9.84 Å². The van der Waals surface area contributed by atoms with E-state index in [1.807, 2.05) is 0 Å². The van der Waals surface area contributed by atoms with Gasteiger partial charge >= 0.3 is 5.97 Å². The van der Waals surface area contributed by atoms with E-state index in [4.69, 9.17) is 4.74 Å². The maximum absolute atomic E-state index is 11.5. The molecule has 0 aliphatic heterocycles. The summed E-state index contributed by atoms with van der Waals surface area (Å²) in [6.45, 7) is 5.30. The topological polar surface area (TPSA) is 59.4 Å². The van der Waals surface area contributed by atoms with Crippen molar-refractivity contribution in [3.05, 3.63) is 24.0 Å². The van der Waals surface area contributed by atoms with Crippen molar-refractivity contribution in [1.82, 2.24) is 4.98 Å². The van der Waals surface area contributed by atoms with Crippen molar-refractivity contribution in [2.24, 2.45) is 0 Å². The predicted molar refractivity (Wildman–Crippen MR) is 51.1 cm³/mol. The molecular formula is C10H13NO3. The molecule has 1 heterocycles. The molecule has 0 fully saturated rings. The molecule has 4 heteroatoms. The lowest BCUT2D eigenvalue weighted by molar-refractivity contribution is 0.00667. The van der Waals surface area contributed by atoms with E-state index >= 15 is 0 Å². The van der Waals surface area contributed by atoms with Gasteiger partial charge in [0.1, 0.15) is 16.9 Å². The summed E-state index contributed by atoms with van der Waals surface area (Å²) in [5.74, 6) is -0.709. The first-order chi connectivity index (χ1) is 6.40. The van der Waals surface area contributed by atoms with Gasteiger partial charge in [0, 0.05) is 6.20 Å². The Kier molecular flexibility index (Phi) is 2.74. The Morgan fingerprint density at radius 2 is 2.14 bits per heavy atom. The van der Waals surface area contributed by atoms with Gasteiger partial charge in [0.15, 0.2) is 0 Å². The Morgan fingerprint density at radius 1 is 1.50 bits per heavy atom. The zero-order chi connectivity index (χ0) is 10.8. The normalized spacial score (nSPS) is 11.1. The summed E-state index contributed by atoms with van der Waals surface area (Å²) in [4.78, 5) is 15.1. The minimum atomic E-state index is -0.563. The highest BCUT2D eigenvalue weighted by Crippen LogP contribution is 2.18. The van der Waals surface area contributed by atoms with Gasteiger partial charge in [-0.15, -0.1) is 0 Å². The van der Waals surface area contributed by atoms with Crippen LogP contribution in [0.3, 0.4) is 0 Å². The molecule has 1 aromatic heterocycles. The van der Waals surface area contributed by atoms with Crippen LogP contribution in [0.5, 0.6) is 5.75 Å². The first-order valence-electron chi connectivity index (χ1n) is 4.26. The maximum atomic E-state index is 11.5. The summed E-state index contributed by atoms with van der Waals surface area (Å²) < 4.78 is 5.08. The predicted octanol–water partition coefficient (Wildman–Crippen LogP) is 1.74. The number of hydrogen-bond donors (Lipinski definition) is 1. The number of ether oxygens (including phenoxy) is 1. The van der Waals surface area contributed by atoms with Gasteiger partial charge in [-0.1, -0.05) is 0 Å². The summed E-state index contributed by atoms with van der Waals surface area (Å²) in [6.07, 6.45) is 2.64. The molecule has 0 saturated heterocycles. The Bertz CT molecular complexity index is 341. The smallest absolute Gasteiger partial charge is 0.342 e. The van der Waals surface area contributed by atoms with Crippen LogP contribution in [0.2, 0.25) is 0 Å². The molecule has 0 saturated carbocycles. The largest absolute Gasteiger partial charge is 0.505 e.